The van der Waals surface area contributed by atoms with E-state index in [4.69, 9.17) is 0 Å². The van der Waals surface area contributed by atoms with Gasteiger partial charge in [0.1, 0.15) is 0 Å². The first-order chi connectivity index (χ1) is 9.66. The number of benzene rings is 2. The first kappa shape index (κ1) is 12.9. The fourth-order valence-electron chi connectivity index (χ4n) is 2.38. The Morgan fingerprint density at radius 1 is 1.10 bits per heavy atom. The quantitative estimate of drug-likeness (QED) is 0.784. The van der Waals surface area contributed by atoms with Gasteiger partial charge in [-0.15, -0.1) is 0 Å². The van der Waals surface area contributed by atoms with Crippen LogP contribution in [0.2, 0.25) is 0 Å². The largest absolute Gasteiger partial charge is 0.478 e. The Morgan fingerprint density at radius 3 is 2.60 bits per heavy atom. The molecule has 3 nitrogen and oxygen atoms in total. The Balaban J connectivity index is 2.08. The summed E-state index contributed by atoms with van der Waals surface area (Å²) in [5.41, 5.74) is 2.23. The number of para-hydroxylation sites is 1. The van der Waals surface area contributed by atoms with Crippen molar-refractivity contribution in [1.82, 2.24) is 4.57 Å². The van der Waals surface area contributed by atoms with Gasteiger partial charge in [0.05, 0.1) is 5.56 Å². The summed E-state index contributed by atoms with van der Waals surface area (Å²) in [6.07, 6.45) is 1.99. The van der Waals surface area contributed by atoms with E-state index in [0.717, 1.165) is 20.9 Å². The molecule has 0 atom stereocenters. The minimum atomic E-state index is -0.892. The zero-order chi connectivity index (χ0) is 14.1. The van der Waals surface area contributed by atoms with Crippen LogP contribution in [0.3, 0.4) is 0 Å². The Morgan fingerprint density at radius 2 is 1.80 bits per heavy atom. The number of halogens is 1. The van der Waals surface area contributed by atoms with Gasteiger partial charge in [0.15, 0.2) is 0 Å². The number of rotatable bonds is 3. The van der Waals surface area contributed by atoms with E-state index in [-0.39, 0.29) is 0 Å². The van der Waals surface area contributed by atoms with Gasteiger partial charge in [-0.1, -0.05) is 36.4 Å². The molecule has 0 unspecified atom stereocenters. The molecule has 0 aliphatic carbocycles. The van der Waals surface area contributed by atoms with Crippen molar-refractivity contribution in [2.75, 3.05) is 0 Å². The summed E-state index contributed by atoms with van der Waals surface area (Å²) < 4.78 is 3.07. The van der Waals surface area contributed by atoms with Crippen molar-refractivity contribution in [3.05, 3.63) is 70.3 Å². The van der Waals surface area contributed by atoms with E-state index in [2.05, 4.69) is 20.5 Å². The molecular weight excluding hydrogens is 318 g/mol. The average Bonchev–Trinajstić information content (AvgIpc) is 2.76. The van der Waals surface area contributed by atoms with Crippen molar-refractivity contribution >= 4 is 32.8 Å². The Labute approximate surface area is 124 Å². The van der Waals surface area contributed by atoms with Crippen LogP contribution in [0.15, 0.2) is 59.2 Å². The van der Waals surface area contributed by atoms with Gasteiger partial charge in [0, 0.05) is 28.1 Å². The van der Waals surface area contributed by atoms with Crippen LogP contribution in [0.4, 0.5) is 0 Å². The number of fused-ring (bicyclic) bond motifs is 1. The van der Waals surface area contributed by atoms with Crippen molar-refractivity contribution in [1.29, 1.82) is 0 Å². The summed E-state index contributed by atoms with van der Waals surface area (Å²) in [6.45, 7) is 0.536. The van der Waals surface area contributed by atoms with Crippen LogP contribution in [-0.2, 0) is 6.54 Å². The third-order valence-corrected chi connectivity index (χ3v) is 3.96. The number of aromatic carboxylic acids is 1. The van der Waals surface area contributed by atoms with Gasteiger partial charge in [-0.2, -0.15) is 0 Å². The smallest absolute Gasteiger partial charge is 0.336 e. The van der Waals surface area contributed by atoms with Crippen LogP contribution in [-0.4, -0.2) is 15.6 Å². The number of carboxylic acids is 1. The summed E-state index contributed by atoms with van der Waals surface area (Å²) >= 11 is 3.54. The highest BCUT2D eigenvalue weighted by atomic mass is 79.9. The van der Waals surface area contributed by atoms with Crippen LogP contribution in [0, 0.1) is 0 Å². The van der Waals surface area contributed by atoms with Gasteiger partial charge in [-0.25, -0.2) is 4.79 Å². The second-order valence-electron chi connectivity index (χ2n) is 4.58. The van der Waals surface area contributed by atoms with Crippen molar-refractivity contribution in [2.24, 2.45) is 0 Å². The average molecular weight is 330 g/mol. The number of nitrogens with zero attached hydrogens (tertiary/aromatic N) is 1. The molecule has 0 radical (unpaired) electrons. The first-order valence-corrected chi connectivity index (χ1v) is 7.00. The van der Waals surface area contributed by atoms with Crippen molar-refractivity contribution in [2.45, 2.75) is 6.54 Å². The molecule has 1 heterocycles. The highest BCUT2D eigenvalue weighted by molar-refractivity contribution is 9.10. The number of carboxylic acid groups (broad SMARTS) is 1. The predicted molar refractivity (Wildman–Crippen MR) is 82.1 cm³/mol. The third-order valence-electron chi connectivity index (χ3n) is 3.33. The lowest BCUT2D eigenvalue weighted by Gasteiger charge is -2.08. The third kappa shape index (κ3) is 2.23. The van der Waals surface area contributed by atoms with Crippen LogP contribution in [0.1, 0.15) is 15.9 Å². The maximum absolute atomic E-state index is 11.3. The van der Waals surface area contributed by atoms with Gasteiger partial charge < -0.3 is 9.67 Å². The van der Waals surface area contributed by atoms with Gasteiger partial charge in [-0.3, -0.25) is 0 Å². The van der Waals surface area contributed by atoms with Crippen molar-refractivity contribution in [3.63, 3.8) is 0 Å². The van der Waals surface area contributed by atoms with Crippen LogP contribution in [0.5, 0.6) is 0 Å². The molecule has 100 valence electrons. The molecule has 3 aromatic rings. The molecule has 0 saturated carbocycles. The molecular formula is C16H12BrNO2. The van der Waals surface area contributed by atoms with Gasteiger partial charge in [0.2, 0.25) is 0 Å². The topological polar surface area (TPSA) is 42.2 Å². The fraction of sp³-hybridized carbons (Fsp3) is 0.0625. The SMILES string of the molecule is O=C(O)c1ccccc1Cn1cc(Br)c2ccccc21. The molecule has 0 aliphatic rings. The lowest BCUT2D eigenvalue weighted by Crippen LogP contribution is -2.06. The van der Waals surface area contributed by atoms with Gasteiger partial charge in [0.25, 0.3) is 0 Å². The molecule has 1 aromatic heterocycles. The van der Waals surface area contributed by atoms with Crippen molar-refractivity contribution in [3.8, 4) is 0 Å². The highest BCUT2D eigenvalue weighted by Gasteiger charge is 2.11. The van der Waals surface area contributed by atoms with E-state index in [1.807, 2.05) is 42.6 Å². The van der Waals surface area contributed by atoms with E-state index in [9.17, 15) is 9.90 Å². The van der Waals surface area contributed by atoms with E-state index < -0.39 is 5.97 Å². The molecule has 0 spiro atoms. The lowest BCUT2D eigenvalue weighted by atomic mass is 10.1. The molecule has 4 heteroatoms. The van der Waals surface area contributed by atoms with E-state index in [0.29, 0.717) is 12.1 Å². The molecule has 1 N–H and O–H groups in total. The minimum Gasteiger partial charge on any atom is -0.478 e. The van der Waals surface area contributed by atoms with Crippen LogP contribution >= 0.6 is 15.9 Å². The molecule has 0 fully saturated rings. The second-order valence-corrected chi connectivity index (χ2v) is 5.44. The summed E-state index contributed by atoms with van der Waals surface area (Å²) in [5, 5.41) is 10.4. The monoisotopic (exact) mass is 329 g/mol. The summed E-state index contributed by atoms with van der Waals surface area (Å²) in [4.78, 5) is 11.3. The summed E-state index contributed by atoms with van der Waals surface area (Å²) in [5.74, 6) is -0.892. The van der Waals surface area contributed by atoms with Crippen molar-refractivity contribution < 1.29 is 9.90 Å². The number of hydrogen-bond acceptors (Lipinski definition) is 1. The molecule has 2 aromatic carbocycles. The second kappa shape index (κ2) is 5.13. The molecule has 0 amide bonds. The predicted octanol–water partition coefficient (Wildman–Crippen LogP) is 4.15. The Bertz CT molecular complexity index is 792. The molecule has 0 saturated heterocycles. The summed E-state index contributed by atoms with van der Waals surface area (Å²) in [6, 6.07) is 15.1. The number of carbonyl (C=O) groups is 1. The minimum absolute atomic E-state index is 0.349. The van der Waals surface area contributed by atoms with Gasteiger partial charge in [-0.05, 0) is 33.6 Å². The van der Waals surface area contributed by atoms with Crippen LogP contribution < -0.4 is 0 Å². The number of hydrogen-bond donors (Lipinski definition) is 1. The van der Waals surface area contributed by atoms with Gasteiger partial charge >= 0.3 is 5.97 Å². The zero-order valence-corrected chi connectivity index (χ0v) is 12.2. The lowest BCUT2D eigenvalue weighted by molar-refractivity contribution is 0.0695. The number of aromatic nitrogens is 1. The normalized spacial score (nSPS) is 10.8. The molecule has 0 bridgehead atoms. The highest BCUT2D eigenvalue weighted by Crippen LogP contribution is 2.27. The van der Waals surface area contributed by atoms with Crippen LogP contribution in [0.25, 0.3) is 10.9 Å². The maximum Gasteiger partial charge on any atom is 0.336 e. The Hall–Kier alpha value is -2.07. The van der Waals surface area contributed by atoms with E-state index in [1.165, 1.54) is 0 Å². The van der Waals surface area contributed by atoms with E-state index in [1.54, 1.807) is 12.1 Å². The fourth-order valence-corrected chi connectivity index (χ4v) is 2.97. The Kier molecular flexibility index (Phi) is 3.32. The molecule has 20 heavy (non-hydrogen) atoms. The first-order valence-electron chi connectivity index (χ1n) is 6.21. The standard InChI is InChI=1S/C16H12BrNO2/c17-14-10-18(15-8-4-3-7-13(14)15)9-11-5-1-2-6-12(11)16(19)20/h1-8,10H,9H2,(H,19,20). The summed E-state index contributed by atoms with van der Waals surface area (Å²) in [7, 11) is 0. The molecule has 3 rings (SSSR count). The zero-order valence-electron chi connectivity index (χ0n) is 10.6. The molecule has 0 aliphatic heterocycles. The van der Waals surface area contributed by atoms with E-state index >= 15 is 0 Å². The maximum atomic E-state index is 11.3.